The highest BCUT2D eigenvalue weighted by Gasteiger charge is 2.13. The molecule has 1 N–H and O–H groups in total. The number of rotatable bonds is 4. The zero-order valence-corrected chi connectivity index (χ0v) is 11.9. The fourth-order valence-corrected chi connectivity index (χ4v) is 2.58. The first kappa shape index (κ1) is 14.0. The number of aryl methyl sites for hydroxylation is 1. The van der Waals surface area contributed by atoms with Crippen molar-refractivity contribution in [1.29, 1.82) is 0 Å². The minimum absolute atomic E-state index is 0.539. The Kier molecular flexibility index (Phi) is 4.17. The highest BCUT2D eigenvalue weighted by molar-refractivity contribution is 6.34. The summed E-state index contributed by atoms with van der Waals surface area (Å²) in [6.07, 6.45) is 3.54. The second-order valence-electron chi connectivity index (χ2n) is 4.19. The third kappa shape index (κ3) is 2.77. The number of carbonyl (C=O) groups is 1. The molecular formula is C14H13Cl2NO2. The minimum Gasteiger partial charge on any atom is -0.478 e. The molecule has 0 radical (unpaired) electrons. The Bertz CT molecular complexity index is 659. The second-order valence-corrected chi connectivity index (χ2v) is 4.98. The van der Waals surface area contributed by atoms with Crippen LogP contribution in [0.5, 0.6) is 0 Å². The maximum atomic E-state index is 10.6. The molecule has 0 unspecified atom stereocenters. The molecule has 0 bridgehead atoms. The lowest BCUT2D eigenvalue weighted by Gasteiger charge is -2.04. The van der Waals surface area contributed by atoms with E-state index in [-0.39, 0.29) is 0 Å². The van der Waals surface area contributed by atoms with Crippen LogP contribution in [0.3, 0.4) is 0 Å². The van der Waals surface area contributed by atoms with Gasteiger partial charge in [-0.3, -0.25) is 0 Å². The Morgan fingerprint density at radius 1 is 1.42 bits per heavy atom. The lowest BCUT2D eigenvalue weighted by molar-refractivity contribution is -0.131. The van der Waals surface area contributed by atoms with Crippen molar-refractivity contribution >= 4 is 46.2 Å². The highest BCUT2D eigenvalue weighted by atomic mass is 35.5. The Labute approximate surface area is 121 Å². The minimum atomic E-state index is -0.999. The van der Waals surface area contributed by atoms with E-state index in [9.17, 15) is 4.79 Å². The van der Waals surface area contributed by atoms with Gasteiger partial charge in [0, 0.05) is 28.6 Å². The van der Waals surface area contributed by atoms with Crippen molar-refractivity contribution in [2.24, 2.45) is 0 Å². The van der Waals surface area contributed by atoms with Gasteiger partial charge in [0.15, 0.2) is 0 Å². The first-order valence-electron chi connectivity index (χ1n) is 5.92. The molecule has 0 aliphatic carbocycles. The first-order chi connectivity index (χ1) is 9.04. The van der Waals surface area contributed by atoms with Gasteiger partial charge in [0.25, 0.3) is 0 Å². The van der Waals surface area contributed by atoms with Gasteiger partial charge in [-0.25, -0.2) is 4.79 Å². The molecular weight excluding hydrogens is 285 g/mol. The van der Waals surface area contributed by atoms with Crippen LogP contribution in [-0.2, 0) is 11.3 Å². The van der Waals surface area contributed by atoms with E-state index in [1.165, 1.54) is 6.08 Å². The second kappa shape index (κ2) is 5.68. The van der Waals surface area contributed by atoms with Crippen LogP contribution in [0.4, 0.5) is 0 Å². The number of benzene rings is 1. The maximum absolute atomic E-state index is 10.6. The number of hydrogen-bond donors (Lipinski definition) is 1. The molecule has 0 spiro atoms. The Balaban J connectivity index is 2.69. The zero-order chi connectivity index (χ0) is 14.0. The Morgan fingerprint density at radius 3 is 2.79 bits per heavy atom. The van der Waals surface area contributed by atoms with E-state index >= 15 is 0 Å². The Morgan fingerprint density at radius 2 is 2.16 bits per heavy atom. The molecule has 0 saturated carbocycles. The van der Waals surface area contributed by atoms with Crippen LogP contribution < -0.4 is 0 Å². The van der Waals surface area contributed by atoms with Gasteiger partial charge in [-0.1, -0.05) is 36.2 Å². The van der Waals surface area contributed by atoms with Crippen molar-refractivity contribution in [3.8, 4) is 0 Å². The van der Waals surface area contributed by atoms with E-state index in [1.807, 2.05) is 16.7 Å². The first-order valence-corrected chi connectivity index (χ1v) is 6.68. The van der Waals surface area contributed by atoms with Gasteiger partial charge < -0.3 is 9.67 Å². The summed E-state index contributed by atoms with van der Waals surface area (Å²) in [4.78, 5) is 10.6. The fraction of sp³-hybridized carbons (Fsp3) is 0.214. The molecule has 0 amide bonds. The van der Waals surface area contributed by atoms with E-state index in [2.05, 4.69) is 6.92 Å². The number of fused-ring (bicyclic) bond motifs is 1. The average Bonchev–Trinajstić information content (AvgIpc) is 2.60. The summed E-state index contributed by atoms with van der Waals surface area (Å²) >= 11 is 12.4. The van der Waals surface area contributed by atoms with Crippen LogP contribution in [-0.4, -0.2) is 15.6 Å². The number of hydrogen-bond acceptors (Lipinski definition) is 1. The monoisotopic (exact) mass is 297 g/mol. The van der Waals surface area contributed by atoms with Gasteiger partial charge in [0.1, 0.15) is 5.15 Å². The molecule has 2 rings (SSSR count). The summed E-state index contributed by atoms with van der Waals surface area (Å²) in [5, 5.41) is 10.8. The van der Waals surface area contributed by atoms with E-state index in [1.54, 1.807) is 6.07 Å². The van der Waals surface area contributed by atoms with Gasteiger partial charge in [-0.15, -0.1) is 0 Å². The predicted molar refractivity (Wildman–Crippen MR) is 78.9 cm³/mol. The van der Waals surface area contributed by atoms with Crippen molar-refractivity contribution in [2.45, 2.75) is 19.9 Å². The summed E-state index contributed by atoms with van der Waals surface area (Å²) in [5.41, 5.74) is 1.63. The van der Waals surface area contributed by atoms with E-state index in [4.69, 9.17) is 28.3 Å². The van der Waals surface area contributed by atoms with Crippen LogP contribution in [0, 0.1) is 0 Å². The molecule has 3 nitrogen and oxygen atoms in total. The number of aromatic nitrogens is 1. The zero-order valence-electron chi connectivity index (χ0n) is 10.4. The van der Waals surface area contributed by atoms with Gasteiger partial charge >= 0.3 is 5.97 Å². The lowest BCUT2D eigenvalue weighted by atomic mass is 10.1. The highest BCUT2D eigenvalue weighted by Crippen LogP contribution is 2.33. The summed E-state index contributed by atoms with van der Waals surface area (Å²) in [7, 11) is 0. The molecule has 1 aromatic carbocycles. The third-order valence-corrected chi connectivity index (χ3v) is 3.48. The van der Waals surface area contributed by atoms with E-state index in [0.29, 0.717) is 15.7 Å². The van der Waals surface area contributed by atoms with Crippen LogP contribution >= 0.6 is 23.2 Å². The molecule has 1 heterocycles. The Hall–Kier alpha value is -1.45. The van der Waals surface area contributed by atoms with Crippen molar-refractivity contribution in [3.05, 3.63) is 40.0 Å². The standard InChI is InChI=1S/C14H13Cl2NO2/c1-2-7-17-12-8-9(15)3-4-10(12)11(14(17)16)5-6-13(18)19/h3-6,8H,2,7H2,1H3,(H,18,19)/b6-5+. The van der Waals surface area contributed by atoms with E-state index in [0.717, 1.165) is 29.9 Å². The number of carboxylic acid groups (broad SMARTS) is 1. The molecule has 0 saturated heterocycles. The number of nitrogens with zero attached hydrogens (tertiary/aromatic N) is 1. The topological polar surface area (TPSA) is 42.2 Å². The molecule has 2 aromatic rings. The molecule has 1 aromatic heterocycles. The van der Waals surface area contributed by atoms with Crippen LogP contribution in [0.25, 0.3) is 17.0 Å². The van der Waals surface area contributed by atoms with Gasteiger partial charge in [0.05, 0.1) is 5.52 Å². The largest absolute Gasteiger partial charge is 0.478 e. The third-order valence-electron chi connectivity index (χ3n) is 2.84. The van der Waals surface area contributed by atoms with Crippen molar-refractivity contribution in [1.82, 2.24) is 4.57 Å². The number of aliphatic carboxylic acids is 1. The fourth-order valence-electron chi connectivity index (χ4n) is 2.07. The number of halogens is 2. The van der Waals surface area contributed by atoms with Crippen molar-refractivity contribution in [2.75, 3.05) is 0 Å². The van der Waals surface area contributed by atoms with Gasteiger partial charge in [0.2, 0.25) is 0 Å². The van der Waals surface area contributed by atoms with Crippen molar-refractivity contribution in [3.63, 3.8) is 0 Å². The van der Waals surface area contributed by atoms with Crippen molar-refractivity contribution < 1.29 is 9.90 Å². The molecule has 0 fully saturated rings. The smallest absolute Gasteiger partial charge is 0.328 e. The average molecular weight is 298 g/mol. The summed E-state index contributed by atoms with van der Waals surface area (Å²) in [6, 6.07) is 5.47. The lowest BCUT2D eigenvalue weighted by Crippen LogP contribution is -1.96. The van der Waals surface area contributed by atoms with Crippen LogP contribution in [0.2, 0.25) is 10.2 Å². The normalized spacial score (nSPS) is 11.5. The molecule has 5 heteroatoms. The molecule has 0 aliphatic rings. The van der Waals surface area contributed by atoms with Crippen LogP contribution in [0.1, 0.15) is 18.9 Å². The quantitative estimate of drug-likeness (QED) is 0.847. The molecule has 100 valence electrons. The molecule has 0 atom stereocenters. The maximum Gasteiger partial charge on any atom is 0.328 e. The molecule has 19 heavy (non-hydrogen) atoms. The summed E-state index contributed by atoms with van der Waals surface area (Å²) in [6.45, 7) is 2.82. The molecule has 0 aliphatic heterocycles. The van der Waals surface area contributed by atoms with Gasteiger partial charge in [-0.05, 0) is 24.6 Å². The summed E-state index contributed by atoms with van der Waals surface area (Å²) < 4.78 is 1.95. The number of carboxylic acids is 1. The van der Waals surface area contributed by atoms with Gasteiger partial charge in [-0.2, -0.15) is 0 Å². The predicted octanol–water partition coefficient (Wildman–Crippen LogP) is 4.46. The SMILES string of the molecule is CCCn1c(Cl)c(/C=C/C(=O)O)c2ccc(Cl)cc21. The van der Waals surface area contributed by atoms with Crippen LogP contribution in [0.15, 0.2) is 24.3 Å². The van der Waals surface area contributed by atoms with E-state index < -0.39 is 5.97 Å². The summed E-state index contributed by atoms with van der Waals surface area (Å²) in [5.74, 6) is -0.999.